The summed E-state index contributed by atoms with van der Waals surface area (Å²) in [5.41, 5.74) is 1.80. The molecule has 3 aliphatic heterocycles. The number of nitrogens with one attached hydrogen (secondary N) is 1. The highest BCUT2D eigenvalue weighted by Crippen LogP contribution is 2.30. The van der Waals surface area contributed by atoms with Gasteiger partial charge in [0.25, 0.3) is 0 Å². The zero-order valence-corrected chi connectivity index (χ0v) is 18.5. The van der Waals surface area contributed by atoms with Gasteiger partial charge in [-0.2, -0.15) is 0 Å². The lowest BCUT2D eigenvalue weighted by Crippen LogP contribution is -2.50. The molecule has 4 rings (SSSR count). The normalized spacial score (nSPS) is 24.2. The number of amides is 3. The maximum atomic E-state index is 12.5. The fourth-order valence-electron chi connectivity index (χ4n) is 4.50. The number of carbonyl (C=O) groups is 3. The third-order valence-corrected chi connectivity index (χ3v) is 6.02. The Morgan fingerprint density at radius 1 is 1.16 bits per heavy atom. The first-order valence-corrected chi connectivity index (χ1v) is 11.0. The van der Waals surface area contributed by atoms with Crippen LogP contribution >= 0.6 is 0 Å². The number of piperidine rings is 1. The van der Waals surface area contributed by atoms with Crippen LogP contribution in [0.15, 0.2) is 18.2 Å². The van der Waals surface area contributed by atoms with Crippen molar-refractivity contribution in [2.24, 2.45) is 0 Å². The van der Waals surface area contributed by atoms with Gasteiger partial charge < -0.3 is 14.4 Å². The lowest BCUT2D eigenvalue weighted by Gasteiger charge is -2.29. The summed E-state index contributed by atoms with van der Waals surface area (Å²) in [4.78, 5) is 39.9. The molecule has 8 heteroatoms. The quantitative estimate of drug-likeness (QED) is 0.741. The second-order valence-electron chi connectivity index (χ2n) is 9.58. The Morgan fingerprint density at radius 3 is 2.68 bits per heavy atom. The molecule has 2 atom stereocenters. The van der Waals surface area contributed by atoms with Crippen LogP contribution in [-0.4, -0.2) is 58.5 Å². The van der Waals surface area contributed by atoms with Gasteiger partial charge >= 0.3 is 6.09 Å². The predicted octanol–water partition coefficient (Wildman–Crippen LogP) is 2.59. The molecule has 1 unspecified atom stereocenters. The van der Waals surface area contributed by atoms with E-state index in [2.05, 4.69) is 10.2 Å². The Kier molecular flexibility index (Phi) is 5.92. The molecule has 0 saturated carbocycles. The molecule has 8 nitrogen and oxygen atoms in total. The molecule has 3 aliphatic rings. The van der Waals surface area contributed by atoms with E-state index >= 15 is 0 Å². The van der Waals surface area contributed by atoms with E-state index in [1.165, 1.54) is 5.56 Å². The molecule has 168 valence electrons. The van der Waals surface area contributed by atoms with Crippen molar-refractivity contribution in [3.05, 3.63) is 29.3 Å². The van der Waals surface area contributed by atoms with E-state index in [1.54, 1.807) is 4.90 Å². The molecule has 2 saturated heterocycles. The third kappa shape index (κ3) is 5.01. The average molecular weight is 430 g/mol. The molecule has 1 N–H and O–H groups in total. The summed E-state index contributed by atoms with van der Waals surface area (Å²) in [7, 11) is 0. The second kappa shape index (κ2) is 8.49. The number of ether oxygens (including phenoxy) is 2. The third-order valence-electron chi connectivity index (χ3n) is 6.02. The van der Waals surface area contributed by atoms with Gasteiger partial charge in [0.2, 0.25) is 11.8 Å². The molecule has 0 aromatic heterocycles. The average Bonchev–Trinajstić information content (AvgIpc) is 3.31. The molecule has 0 radical (unpaired) electrons. The summed E-state index contributed by atoms with van der Waals surface area (Å²) in [5, 5.41) is 2.44. The Hall–Kier alpha value is -2.61. The van der Waals surface area contributed by atoms with Crippen LogP contribution in [0.2, 0.25) is 0 Å². The van der Waals surface area contributed by atoms with Crippen LogP contribution in [0, 0.1) is 0 Å². The van der Waals surface area contributed by atoms with E-state index < -0.39 is 5.60 Å². The molecule has 0 bridgehead atoms. The Balaban J connectivity index is 1.34. The summed E-state index contributed by atoms with van der Waals surface area (Å²) in [5.74, 6) is 0.366. The van der Waals surface area contributed by atoms with E-state index in [-0.39, 0.29) is 30.0 Å². The lowest BCUT2D eigenvalue weighted by molar-refractivity contribution is -0.137. The first-order valence-electron chi connectivity index (χ1n) is 11.0. The van der Waals surface area contributed by atoms with Crippen molar-refractivity contribution in [2.45, 2.75) is 77.2 Å². The van der Waals surface area contributed by atoms with Crippen molar-refractivity contribution in [1.82, 2.24) is 15.1 Å². The summed E-state index contributed by atoms with van der Waals surface area (Å²) in [6, 6.07) is 5.74. The van der Waals surface area contributed by atoms with Gasteiger partial charge in [-0.05, 0) is 63.3 Å². The Morgan fingerprint density at radius 2 is 1.94 bits per heavy atom. The number of imide groups is 1. The van der Waals surface area contributed by atoms with Crippen molar-refractivity contribution in [1.29, 1.82) is 0 Å². The summed E-state index contributed by atoms with van der Waals surface area (Å²) < 4.78 is 11.6. The zero-order valence-electron chi connectivity index (χ0n) is 18.5. The van der Waals surface area contributed by atoms with Gasteiger partial charge in [0.05, 0.1) is 12.1 Å². The van der Waals surface area contributed by atoms with Crippen LogP contribution in [0.5, 0.6) is 5.75 Å². The van der Waals surface area contributed by atoms with Gasteiger partial charge in [0.1, 0.15) is 18.0 Å². The SMILES string of the molecule is CC(C)(C)OC(=O)N1CCC[C@@H]1COc1ccc2c(c1)CN(C1CCC(=O)NC1=O)C2. The highest BCUT2D eigenvalue weighted by molar-refractivity contribution is 6.00. The molecule has 1 aromatic carbocycles. The van der Waals surface area contributed by atoms with E-state index in [0.29, 0.717) is 39.1 Å². The number of likely N-dealkylation sites (tertiary alicyclic amines) is 1. The molecular weight excluding hydrogens is 398 g/mol. The molecule has 0 spiro atoms. The van der Waals surface area contributed by atoms with Crippen molar-refractivity contribution in [3.63, 3.8) is 0 Å². The Bertz CT molecular complexity index is 878. The first-order chi connectivity index (χ1) is 14.7. The molecule has 0 aliphatic carbocycles. The summed E-state index contributed by atoms with van der Waals surface area (Å²) >= 11 is 0. The number of nitrogens with zero attached hydrogens (tertiary/aromatic N) is 2. The highest BCUT2D eigenvalue weighted by Gasteiger charge is 2.35. The van der Waals surface area contributed by atoms with Gasteiger partial charge in [0, 0.05) is 26.1 Å². The number of fused-ring (bicyclic) bond motifs is 1. The van der Waals surface area contributed by atoms with Gasteiger partial charge in [-0.15, -0.1) is 0 Å². The number of carbonyl (C=O) groups excluding carboxylic acids is 3. The number of benzene rings is 1. The monoisotopic (exact) mass is 429 g/mol. The van der Waals surface area contributed by atoms with E-state index in [4.69, 9.17) is 9.47 Å². The maximum Gasteiger partial charge on any atom is 0.410 e. The van der Waals surface area contributed by atoms with Gasteiger partial charge in [0.15, 0.2) is 0 Å². The molecule has 2 fully saturated rings. The molecule has 3 amide bonds. The topological polar surface area (TPSA) is 88.2 Å². The minimum atomic E-state index is -0.514. The van der Waals surface area contributed by atoms with Crippen LogP contribution < -0.4 is 10.1 Å². The summed E-state index contributed by atoms with van der Waals surface area (Å²) in [6.07, 6.45) is 2.50. The largest absolute Gasteiger partial charge is 0.491 e. The number of hydrogen-bond acceptors (Lipinski definition) is 6. The van der Waals surface area contributed by atoms with E-state index in [1.807, 2.05) is 39.0 Å². The van der Waals surface area contributed by atoms with Gasteiger partial charge in [-0.25, -0.2) is 4.79 Å². The van der Waals surface area contributed by atoms with Crippen LogP contribution in [0.1, 0.15) is 57.6 Å². The lowest BCUT2D eigenvalue weighted by atomic mass is 10.0. The molecule has 3 heterocycles. The minimum Gasteiger partial charge on any atom is -0.491 e. The van der Waals surface area contributed by atoms with Crippen molar-refractivity contribution >= 4 is 17.9 Å². The number of rotatable bonds is 4. The van der Waals surface area contributed by atoms with Crippen molar-refractivity contribution in [2.75, 3.05) is 13.2 Å². The zero-order chi connectivity index (χ0) is 22.2. The van der Waals surface area contributed by atoms with E-state index in [9.17, 15) is 14.4 Å². The highest BCUT2D eigenvalue weighted by atomic mass is 16.6. The standard InChI is InChI=1S/C23H31N3O5/c1-23(2,3)31-22(29)26-10-4-5-17(26)14-30-18-7-6-15-12-25(13-16(15)11-18)19-8-9-20(27)24-21(19)28/h6-7,11,17,19H,4-5,8-10,12-14H2,1-3H3,(H,24,27,28)/t17-,19?/m1/s1. The fourth-order valence-corrected chi connectivity index (χ4v) is 4.50. The number of hydrogen-bond donors (Lipinski definition) is 1. The molecule has 1 aromatic rings. The Labute approximate surface area is 182 Å². The van der Waals surface area contributed by atoms with Crippen LogP contribution in [0.4, 0.5) is 4.79 Å². The van der Waals surface area contributed by atoms with Crippen molar-refractivity contribution < 1.29 is 23.9 Å². The van der Waals surface area contributed by atoms with E-state index in [0.717, 1.165) is 24.2 Å². The van der Waals surface area contributed by atoms with Crippen LogP contribution in [0.3, 0.4) is 0 Å². The minimum absolute atomic E-state index is 0.00285. The van der Waals surface area contributed by atoms with Crippen molar-refractivity contribution in [3.8, 4) is 5.75 Å². The van der Waals surface area contributed by atoms with Crippen LogP contribution in [0.25, 0.3) is 0 Å². The fraction of sp³-hybridized carbons (Fsp3) is 0.609. The predicted molar refractivity (Wildman–Crippen MR) is 113 cm³/mol. The summed E-state index contributed by atoms with van der Waals surface area (Å²) in [6.45, 7) is 8.07. The molecular formula is C23H31N3O5. The first kappa shape index (κ1) is 21.6. The second-order valence-corrected chi connectivity index (χ2v) is 9.58. The van der Waals surface area contributed by atoms with Gasteiger partial charge in [-0.3, -0.25) is 19.8 Å². The van der Waals surface area contributed by atoms with Gasteiger partial charge in [-0.1, -0.05) is 6.07 Å². The maximum absolute atomic E-state index is 12.5. The van der Waals surface area contributed by atoms with Crippen LogP contribution in [-0.2, 0) is 27.4 Å². The molecule has 31 heavy (non-hydrogen) atoms. The smallest absolute Gasteiger partial charge is 0.410 e.